The number of nitrogens with zero attached hydrogens (tertiary/aromatic N) is 2. The molecular weight excluding hydrogens is 222 g/mol. The number of nitrogens with two attached hydrogens (primary N) is 1. The molecule has 3 N–H and O–H groups in total. The van der Waals surface area contributed by atoms with Gasteiger partial charge in [0.15, 0.2) is 0 Å². The van der Waals surface area contributed by atoms with Gasteiger partial charge in [-0.25, -0.2) is 0 Å². The molecule has 1 rings (SSSR count). The zero-order valence-electron chi connectivity index (χ0n) is 10.2. The van der Waals surface area contributed by atoms with Crippen molar-refractivity contribution in [3.63, 3.8) is 0 Å². The highest BCUT2D eigenvalue weighted by Crippen LogP contribution is 2.15. The van der Waals surface area contributed by atoms with Crippen molar-refractivity contribution in [2.45, 2.75) is 39.0 Å². The number of carbonyl (C=O) groups is 1. The van der Waals surface area contributed by atoms with E-state index in [2.05, 4.69) is 5.10 Å². The molecule has 0 aliphatic heterocycles. The van der Waals surface area contributed by atoms with Crippen LogP contribution in [-0.4, -0.2) is 33.5 Å². The third-order valence-electron chi connectivity index (χ3n) is 2.35. The fraction of sp³-hybridized carbons (Fsp3) is 0.636. The van der Waals surface area contributed by atoms with E-state index in [1.54, 1.807) is 17.8 Å². The summed E-state index contributed by atoms with van der Waals surface area (Å²) in [7, 11) is 0. The van der Waals surface area contributed by atoms with Crippen LogP contribution in [0.2, 0.25) is 0 Å². The van der Waals surface area contributed by atoms with Crippen molar-refractivity contribution in [1.82, 2.24) is 9.78 Å². The molecule has 6 nitrogen and oxygen atoms in total. The quantitative estimate of drug-likeness (QED) is 0.695. The minimum Gasteiger partial charge on any atom is -0.465 e. The summed E-state index contributed by atoms with van der Waals surface area (Å²) in [5, 5.41) is 14.0. The Morgan fingerprint density at radius 2 is 2.35 bits per heavy atom. The van der Waals surface area contributed by atoms with E-state index in [0.29, 0.717) is 5.56 Å². The molecule has 2 unspecified atom stereocenters. The molecule has 6 heteroatoms. The van der Waals surface area contributed by atoms with Crippen LogP contribution in [0.25, 0.3) is 0 Å². The Morgan fingerprint density at radius 3 is 2.94 bits per heavy atom. The Hall–Kier alpha value is -1.40. The van der Waals surface area contributed by atoms with Gasteiger partial charge in [-0.3, -0.25) is 9.48 Å². The van der Waals surface area contributed by atoms with Crippen molar-refractivity contribution in [3.05, 3.63) is 18.0 Å². The van der Waals surface area contributed by atoms with Crippen LogP contribution < -0.4 is 5.73 Å². The molecule has 96 valence electrons. The van der Waals surface area contributed by atoms with E-state index in [1.807, 2.05) is 6.92 Å². The normalized spacial score (nSPS) is 14.4. The highest BCUT2D eigenvalue weighted by molar-refractivity contribution is 5.76. The third-order valence-corrected chi connectivity index (χ3v) is 2.35. The van der Waals surface area contributed by atoms with Gasteiger partial charge in [0, 0.05) is 18.3 Å². The maximum atomic E-state index is 11.4. The molecular formula is C11H19N3O3. The Morgan fingerprint density at radius 1 is 1.65 bits per heavy atom. The fourth-order valence-corrected chi connectivity index (χ4v) is 1.46. The maximum Gasteiger partial charge on any atom is 0.325 e. The summed E-state index contributed by atoms with van der Waals surface area (Å²) < 4.78 is 6.45. The second-order valence-electron chi connectivity index (χ2n) is 3.76. The molecule has 0 bridgehead atoms. The van der Waals surface area contributed by atoms with Crippen LogP contribution in [0.3, 0.4) is 0 Å². The number of carbonyl (C=O) groups excluding carboxylic acids is 1. The lowest BCUT2D eigenvalue weighted by molar-refractivity contribution is -0.147. The van der Waals surface area contributed by atoms with E-state index >= 15 is 0 Å². The standard InChI is InChI=1S/C11H19N3O3/c1-3-5-14-7-8(6-13-14)10(15)9(12)11(16)17-4-2/h6-7,9-10,15H,3-5,12H2,1-2H3. The zero-order chi connectivity index (χ0) is 12.8. The molecule has 0 aromatic carbocycles. The van der Waals surface area contributed by atoms with Crippen LogP contribution in [0.15, 0.2) is 12.4 Å². The second-order valence-corrected chi connectivity index (χ2v) is 3.76. The highest BCUT2D eigenvalue weighted by Gasteiger charge is 2.26. The number of esters is 1. The van der Waals surface area contributed by atoms with Crippen molar-refractivity contribution < 1.29 is 14.6 Å². The minimum atomic E-state index is -1.08. The Balaban J connectivity index is 2.67. The van der Waals surface area contributed by atoms with Crippen LogP contribution in [-0.2, 0) is 16.1 Å². The summed E-state index contributed by atoms with van der Waals surface area (Å²) in [5.74, 6) is -0.608. The first-order chi connectivity index (χ1) is 8.10. The van der Waals surface area contributed by atoms with Gasteiger partial charge in [0.1, 0.15) is 12.1 Å². The van der Waals surface area contributed by atoms with Crippen molar-refractivity contribution in [1.29, 1.82) is 0 Å². The number of aryl methyl sites for hydroxylation is 1. The van der Waals surface area contributed by atoms with Gasteiger partial charge in [-0.15, -0.1) is 0 Å². The third kappa shape index (κ3) is 3.54. The van der Waals surface area contributed by atoms with E-state index in [-0.39, 0.29) is 6.61 Å². The number of rotatable bonds is 6. The molecule has 0 saturated carbocycles. The molecule has 2 atom stereocenters. The molecule has 1 heterocycles. The van der Waals surface area contributed by atoms with Gasteiger partial charge < -0.3 is 15.6 Å². The highest BCUT2D eigenvalue weighted by atomic mass is 16.5. The lowest BCUT2D eigenvalue weighted by atomic mass is 10.1. The van der Waals surface area contributed by atoms with E-state index in [1.165, 1.54) is 6.20 Å². The maximum absolute atomic E-state index is 11.4. The van der Waals surface area contributed by atoms with Gasteiger partial charge in [-0.1, -0.05) is 6.92 Å². The van der Waals surface area contributed by atoms with Crippen molar-refractivity contribution in [2.75, 3.05) is 6.61 Å². The summed E-state index contributed by atoms with van der Waals surface area (Å²) in [6.45, 7) is 4.73. The predicted octanol–water partition coefficient (Wildman–Crippen LogP) is 0.217. The average Bonchev–Trinajstić information content (AvgIpc) is 2.76. The smallest absolute Gasteiger partial charge is 0.325 e. The largest absolute Gasteiger partial charge is 0.465 e. The number of hydrogen-bond acceptors (Lipinski definition) is 5. The first-order valence-electron chi connectivity index (χ1n) is 5.72. The van der Waals surface area contributed by atoms with Gasteiger partial charge in [0.05, 0.1) is 12.8 Å². The monoisotopic (exact) mass is 241 g/mol. The summed E-state index contributed by atoms with van der Waals surface area (Å²) in [6.07, 6.45) is 3.06. The number of aliphatic hydroxyl groups excluding tert-OH is 1. The molecule has 0 radical (unpaired) electrons. The van der Waals surface area contributed by atoms with E-state index in [9.17, 15) is 9.90 Å². The van der Waals surface area contributed by atoms with Crippen molar-refractivity contribution in [2.24, 2.45) is 5.73 Å². The molecule has 1 aromatic rings. The van der Waals surface area contributed by atoms with Crippen LogP contribution in [0.5, 0.6) is 0 Å². The topological polar surface area (TPSA) is 90.4 Å². The van der Waals surface area contributed by atoms with E-state index in [0.717, 1.165) is 13.0 Å². The zero-order valence-corrected chi connectivity index (χ0v) is 10.2. The fourth-order valence-electron chi connectivity index (χ4n) is 1.46. The predicted molar refractivity (Wildman–Crippen MR) is 62.1 cm³/mol. The van der Waals surface area contributed by atoms with Gasteiger partial charge in [-0.05, 0) is 13.3 Å². The first kappa shape index (κ1) is 13.7. The van der Waals surface area contributed by atoms with Crippen molar-refractivity contribution >= 4 is 5.97 Å². The summed E-state index contributed by atoms with van der Waals surface area (Å²) >= 11 is 0. The molecule has 17 heavy (non-hydrogen) atoms. The van der Waals surface area contributed by atoms with Gasteiger partial charge in [0.2, 0.25) is 0 Å². The van der Waals surface area contributed by atoms with Gasteiger partial charge in [-0.2, -0.15) is 5.10 Å². The van der Waals surface area contributed by atoms with Gasteiger partial charge in [0.25, 0.3) is 0 Å². The van der Waals surface area contributed by atoms with Crippen molar-refractivity contribution in [3.8, 4) is 0 Å². The second kappa shape index (κ2) is 6.36. The Kier molecular flexibility index (Phi) is 5.11. The molecule has 0 aliphatic rings. The van der Waals surface area contributed by atoms with Crippen LogP contribution in [0, 0.1) is 0 Å². The van der Waals surface area contributed by atoms with Gasteiger partial charge >= 0.3 is 5.97 Å². The van der Waals surface area contributed by atoms with E-state index in [4.69, 9.17) is 10.5 Å². The summed E-state index contributed by atoms with van der Waals surface area (Å²) in [4.78, 5) is 11.4. The lowest BCUT2D eigenvalue weighted by Crippen LogP contribution is -2.38. The number of hydrogen-bond donors (Lipinski definition) is 2. The van der Waals surface area contributed by atoms with Crippen LogP contribution >= 0.6 is 0 Å². The number of aliphatic hydroxyl groups is 1. The summed E-state index contributed by atoms with van der Waals surface area (Å²) in [6, 6.07) is -1.07. The Bertz CT molecular complexity index is 365. The lowest BCUT2D eigenvalue weighted by Gasteiger charge is -2.15. The van der Waals surface area contributed by atoms with Crippen LogP contribution in [0.4, 0.5) is 0 Å². The molecule has 0 aliphatic carbocycles. The molecule has 0 spiro atoms. The SMILES string of the molecule is CCCn1cc(C(O)C(N)C(=O)OCC)cn1. The minimum absolute atomic E-state index is 0.244. The molecule has 0 amide bonds. The molecule has 0 saturated heterocycles. The number of aromatic nitrogens is 2. The van der Waals surface area contributed by atoms with Crippen LogP contribution in [0.1, 0.15) is 31.9 Å². The molecule has 0 fully saturated rings. The first-order valence-corrected chi connectivity index (χ1v) is 5.72. The van der Waals surface area contributed by atoms with E-state index < -0.39 is 18.1 Å². The Labute approximate surface area is 100 Å². The average molecular weight is 241 g/mol. The summed E-state index contributed by atoms with van der Waals surface area (Å²) in [5.41, 5.74) is 6.13. The number of ether oxygens (including phenoxy) is 1. The molecule has 1 aromatic heterocycles.